The van der Waals surface area contributed by atoms with Crippen LogP contribution in [-0.2, 0) is 19.1 Å². The van der Waals surface area contributed by atoms with E-state index in [1.807, 2.05) is 0 Å². The maximum atomic E-state index is 12.4. The number of nitrogens with zero attached hydrogens (tertiary/aromatic N) is 1. The fourth-order valence-corrected chi connectivity index (χ4v) is 6.91. The van der Waals surface area contributed by atoms with Crippen molar-refractivity contribution in [2.45, 2.75) is 206 Å². The first-order valence-corrected chi connectivity index (χ1v) is 21.0. The number of unbranched alkanes of at least 4 members (excludes halogenated alkanes) is 21. The van der Waals surface area contributed by atoms with Crippen molar-refractivity contribution in [3.8, 4) is 0 Å². The van der Waals surface area contributed by atoms with Crippen molar-refractivity contribution in [3.05, 3.63) is 0 Å². The zero-order valence-electron chi connectivity index (χ0n) is 32.1. The van der Waals surface area contributed by atoms with Gasteiger partial charge in [-0.1, -0.05) is 149 Å². The number of nitrogens with one attached hydrogen (secondary N) is 1. The van der Waals surface area contributed by atoms with E-state index in [0.717, 1.165) is 77.4 Å². The molecule has 1 aliphatic rings. The summed E-state index contributed by atoms with van der Waals surface area (Å²) >= 11 is 0. The molecule has 1 rings (SSSR count). The van der Waals surface area contributed by atoms with Gasteiger partial charge in [0.2, 0.25) is 0 Å². The minimum absolute atomic E-state index is 0.0381. The molecule has 1 heterocycles. The van der Waals surface area contributed by atoms with Crippen molar-refractivity contribution in [3.63, 3.8) is 0 Å². The van der Waals surface area contributed by atoms with Gasteiger partial charge in [-0.15, -0.1) is 0 Å². The molecule has 0 unspecified atom stereocenters. The monoisotopic (exact) mass is 680 g/mol. The molecule has 0 radical (unpaired) electrons. The van der Waals surface area contributed by atoms with Crippen molar-refractivity contribution < 1.29 is 19.1 Å². The van der Waals surface area contributed by atoms with E-state index < -0.39 is 0 Å². The molecule has 1 fully saturated rings. The molecule has 48 heavy (non-hydrogen) atoms. The number of carbonyl (C=O) groups is 2. The third kappa shape index (κ3) is 28.6. The Balaban J connectivity index is 2.20. The maximum Gasteiger partial charge on any atom is 0.305 e. The van der Waals surface area contributed by atoms with Crippen LogP contribution in [0.1, 0.15) is 200 Å². The number of ether oxygens (including phenoxy) is 2. The topological polar surface area (TPSA) is 93.9 Å². The lowest BCUT2D eigenvalue weighted by atomic mass is 9.84. The smallest absolute Gasteiger partial charge is 0.305 e. The highest BCUT2D eigenvalue weighted by Crippen LogP contribution is 2.22. The van der Waals surface area contributed by atoms with Gasteiger partial charge in [-0.25, -0.2) is 0 Å². The summed E-state index contributed by atoms with van der Waals surface area (Å²) in [6, 6.07) is 0. The van der Waals surface area contributed by atoms with Gasteiger partial charge in [0.15, 0.2) is 0 Å². The van der Waals surface area contributed by atoms with Gasteiger partial charge < -0.3 is 20.5 Å². The molecule has 284 valence electrons. The molecule has 1 saturated heterocycles. The maximum absolute atomic E-state index is 12.4. The quantitative estimate of drug-likeness (QED) is 0.0509. The summed E-state index contributed by atoms with van der Waals surface area (Å²) in [7, 11) is 0. The summed E-state index contributed by atoms with van der Waals surface area (Å²) in [5, 5.41) is 3.41. The molecule has 0 amide bonds. The van der Waals surface area contributed by atoms with E-state index in [1.54, 1.807) is 0 Å². The van der Waals surface area contributed by atoms with Crippen molar-refractivity contribution >= 4 is 11.9 Å². The minimum Gasteiger partial charge on any atom is -0.464 e. The minimum atomic E-state index is -0.0831. The average Bonchev–Trinajstić information content (AvgIpc) is 3.08. The first-order valence-electron chi connectivity index (χ1n) is 21.0. The molecule has 0 aromatic rings. The van der Waals surface area contributed by atoms with E-state index in [9.17, 15) is 9.59 Å². The summed E-state index contributed by atoms with van der Waals surface area (Å²) < 4.78 is 11.2. The first kappa shape index (κ1) is 44.8. The number of carbonyl (C=O) groups excluding carboxylic acids is 2. The Bertz CT molecular complexity index is 684. The molecule has 3 N–H and O–H groups in total. The SMILES string of the molecule is CCCCCCCCCCCCCC(=O)OCCN(CCCCC1(N)CCNCC1)CCOC(=O)CCCCCCCCCCCCC. The van der Waals surface area contributed by atoms with E-state index in [-0.39, 0.29) is 17.5 Å². The van der Waals surface area contributed by atoms with Crippen LogP contribution in [0.3, 0.4) is 0 Å². The van der Waals surface area contributed by atoms with Crippen LogP contribution < -0.4 is 11.1 Å². The zero-order chi connectivity index (χ0) is 34.8. The summed E-state index contributed by atoms with van der Waals surface area (Å²) in [6.45, 7) is 9.61. The van der Waals surface area contributed by atoms with Crippen LogP contribution in [0.5, 0.6) is 0 Å². The second kappa shape index (κ2) is 33.0. The Morgan fingerprint density at radius 3 is 1.31 bits per heavy atom. The van der Waals surface area contributed by atoms with Gasteiger partial charge in [0, 0.05) is 31.5 Å². The highest BCUT2D eigenvalue weighted by molar-refractivity contribution is 5.69. The molecular formula is C41H81N3O4. The summed E-state index contributed by atoms with van der Waals surface area (Å²) in [4.78, 5) is 27.0. The number of piperidine rings is 1. The molecule has 0 atom stereocenters. The van der Waals surface area contributed by atoms with Crippen LogP contribution in [0.4, 0.5) is 0 Å². The van der Waals surface area contributed by atoms with Gasteiger partial charge in [-0.05, 0) is 58.2 Å². The van der Waals surface area contributed by atoms with E-state index in [2.05, 4.69) is 24.1 Å². The van der Waals surface area contributed by atoms with E-state index >= 15 is 0 Å². The van der Waals surface area contributed by atoms with Crippen molar-refractivity contribution in [2.75, 3.05) is 45.9 Å². The largest absolute Gasteiger partial charge is 0.464 e. The number of nitrogens with two attached hydrogens (primary N) is 1. The van der Waals surface area contributed by atoms with Crippen molar-refractivity contribution in [2.24, 2.45) is 5.73 Å². The van der Waals surface area contributed by atoms with Crippen LogP contribution in [0, 0.1) is 0 Å². The molecule has 0 aromatic heterocycles. The lowest BCUT2D eigenvalue weighted by molar-refractivity contribution is -0.144. The molecule has 7 nitrogen and oxygen atoms in total. The second-order valence-electron chi connectivity index (χ2n) is 14.9. The predicted molar refractivity (Wildman–Crippen MR) is 203 cm³/mol. The van der Waals surface area contributed by atoms with Gasteiger partial charge in [0.1, 0.15) is 13.2 Å². The van der Waals surface area contributed by atoms with E-state index in [4.69, 9.17) is 15.2 Å². The van der Waals surface area contributed by atoms with Crippen LogP contribution in [-0.4, -0.2) is 68.3 Å². The van der Waals surface area contributed by atoms with Crippen LogP contribution in [0.25, 0.3) is 0 Å². The third-order valence-electron chi connectivity index (χ3n) is 10.3. The van der Waals surface area contributed by atoms with Crippen LogP contribution >= 0.6 is 0 Å². The Hall–Kier alpha value is -1.18. The molecule has 0 bridgehead atoms. The van der Waals surface area contributed by atoms with Crippen LogP contribution in [0.15, 0.2) is 0 Å². The summed E-state index contributed by atoms with van der Waals surface area (Å²) in [5.41, 5.74) is 6.60. The molecule has 0 spiro atoms. The van der Waals surface area contributed by atoms with Crippen molar-refractivity contribution in [1.29, 1.82) is 0 Å². The average molecular weight is 680 g/mol. The Kier molecular flexibility index (Phi) is 30.8. The fourth-order valence-electron chi connectivity index (χ4n) is 6.91. The summed E-state index contributed by atoms with van der Waals surface area (Å²) in [6.07, 6.45) is 34.4. The molecule has 0 saturated carbocycles. The second-order valence-corrected chi connectivity index (χ2v) is 14.9. The normalized spacial score (nSPS) is 14.4. The number of esters is 2. The Morgan fingerprint density at radius 2 is 0.917 bits per heavy atom. The van der Waals surface area contributed by atoms with Crippen molar-refractivity contribution in [1.82, 2.24) is 10.2 Å². The number of hydrogen-bond donors (Lipinski definition) is 2. The lowest BCUT2D eigenvalue weighted by Crippen LogP contribution is -2.48. The van der Waals surface area contributed by atoms with E-state index in [0.29, 0.717) is 39.1 Å². The fraction of sp³-hybridized carbons (Fsp3) is 0.951. The summed E-state index contributed by atoms with van der Waals surface area (Å²) in [5.74, 6) is -0.166. The molecule has 0 aliphatic carbocycles. The molecule has 7 heteroatoms. The highest BCUT2D eigenvalue weighted by Gasteiger charge is 2.26. The Labute approximate surface area is 298 Å². The number of hydrogen-bond acceptors (Lipinski definition) is 7. The first-order chi connectivity index (χ1) is 23.5. The van der Waals surface area contributed by atoms with Gasteiger partial charge in [0.25, 0.3) is 0 Å². The van der Waals surface area contributed by atoms with Gasteiger partial charge in [-0.3, -0.25) is 14.5 Å². The third-order valence-corrected chi connectivity index (χ3v) is 10.3. The molecule has 0 aromatic carbocycles. The molecule has 1 aliphatic heterocycles. The zero-order valence-corrected chi connectivity index (χ0v) is 32.1. The highest BCUT2D eigenvalue weighted by atomic mass is 16.5. The van der Waals surface area contributed by atoms with Gasteiger partial charge >= 0.3 is 11.9 Å². The Morgan fingerprint density at radius 1 is 0.542 bits per heavy atom. The van der Waals surface area contributed by atoms with Gasteiger partial charge in [0.05, 0.1) is 0 Å². The van der Waals surface area contributed by atoms with Gasteiger partial charge in [-0.2, -0.15) is 0 Å². The van der Waals surface area contributed by atoms with E-state index in [1.165, 1.54) is 116 Å². The predicted octanol–water partition coefficient (Wildman–Crippen LogP) is 10.0. The number of rotatable bonds is 35. The lowest BCUT2D eigenvalue weighted by Gasteiger charge is -2.34. The van der Waals surface area contributed by atoms with Crippen LogP contribution in [0.2, 0.25) is 0 Å². The molecular weight excluding hydrogens is 598 g/mol. The standard InChI is InChI=1S/C41H81N3O4/c1-3-5-7-9-11-13-15-17-19-21-23-27-39(45)47-37-35-44(34-26-25-29-41(42)30-32-43-33-31-41)36-38-48-40(46)28-24-22-20-18-16-14-12-10-8-6-4-2/h43H,3-38,42H2,1-2H3.